The molecule has 0 aliphatic heterocycles. The second kappa shape index (κ2) is 4.79. The van der Waals surface area contributed by atoms with E-state index in [0.29, 0.717) is 5.88 Å². The Balaban J connectivity index is 2.38. The Kier molecular flexibility index (Phi) is 3.26. The molecule has 0 aliphatic carbocycles. The summed E-state index contributed by atoms with van der Waals surface area (Å²) in [6.45, 7) is 1.96. The highest BCUT2D eigenvalue weighted by molar-refractivity contribution is 14.1. The number of nitrogens with zero attached hydrogens (tertiary/aromatic N) is 4. The molecule has 19 heavy (non-hydrogen) atoms. The van der Waals surface area contributed by atoms with Gasteiger partial charge in [-0.3, -0.25) is 4.57 Å². The standard InChI is InChI=1S/C13H12ClIN4/c1-8-12-13(18(2)17-8)19(11(7-14)16-12)10-5-3-4-9(15)6-10/h3-6H,7H2,1-2H3. The summed E-state index contributed by atoms with van der Waals surface area (Å²) < 4.78 is 5.11. The van der Waals surface area contributed by atoms with Crippen molar-refractivity contribution >= 4 is 45.4 Å². The third-order valence-corrected chi connectivity index (χ3v) is 3.97. The van der Waals surface area contributed by atoms with Crippen LogP contribution in [0.2, 0.25) is 0 Å². The fourth-order valence-electron chi connectivity index (χ4n) is 2.29. The minimum Gasteiger partial charge on any atom is -0.280 e. The first-order chi connectivity index (χ1) is 9.11. The molecular formula is C13H12ClIN4. The molecule has 0 fully saturated rings. The molecule has 6 heteroatoms. The van der Waals surface area contributed by atoms with Crippen molar-refractivity contribution < 1.29 is 0 Å². The van der Waals surface area contributed by atoms with E-state index in [-0.39, 0.29) is 0 Å². The molecule has 2 aromatic heterocycles. The molecule has 0 aliphatic rings. The lowest BCUT2D eigenvalue weighted by atomic mass is 10.3. The Hall–Kier alpha value is -1.08. The monoisotopic (exact) mass is 386 g/mol. The molecule has 0 N–H and O–H groups in total. The third kappa shape index (κ3) is 2.04. The average molecular weight is 387 g/mol. The summed E-state index contributed by atoms with van der Waals surface area (Å²) in [5, 5.41) is 4.42. The number of aryl methyl sites for hydroxylation is 2. The van der Waals surface area contributed by atoms with Gasteiger partial charge in [-0.15, -0.1) is 11.6 Å². The minimum atomic E-state index is 0.375. The molecule has 1 aromatic carbocycles. The second-order valence-corrected chi connectivity index (χ2v) is 5.87. The Morgan fingerprint density at radius 2 is 2.16 bits per heavy atom. The van der Waals surface area contributed by atoms with E-state index in [2.05, 4.69) is 55.4 Å². The quantitative estimate of drug-likeness (QED) is 0.500. The fourth-order valence-corrected chi connectivity index (χ4v) is 3.00. The van der Waals surface area contributed by atoms with Gasteiger partial charge >= 0.3 is 0 Å². The maximum atomic E-state index is 6.04. The molecule has 0 bridgehead atoms. The van der Waals surface area contributed by atoms with Gasteiger partial charge in [-0.05, 0) is 47.7 Å². The number of hydrogen-bond acceptors (Lipinski definition) is 2. The van der Waals surface area contributed by atoms with E-state index in [9.17, 15) is 0 Å². The van der Waals surface area contributed by atoms with E-state index in [1.807, 2.05) is 24.7 Å². The zero-order valence-corrected chi connectivity index (χ0v) is 13.5. The number of aromatic nitrogens is 4. The molecule has 0 saturated carbocycles. The lowest BCUT2D eigenvalue weighted by Gasteiger charge is -2.08. The highest BCUT2D eigenvalue weighted by atomic mass is 127. The van der Waals surface area contributed by atoms with E-state index in [4.69, 9.17) is 11.6 Å². The van der Waals surface area contributed by atoms with Crippen molar-refractivity contribution in [3.05, 3.63) is 39.4 Å². The first kappa shape index (κ1) is 12.9. The molecule has 3 rings (SSSR count). The van der Waals surface area contributed by atoms with Gasteiger partial charge in [-0.25, -0.2) is 9.67 Å². The van der Waals surface area contributed by atoms with Crippen molar-refractivity contribution in [2.24, 2.45) is 7.05 Å². The van der Waals surface area contributed by atoms with Crippen LogP contribution in [0.5, 0.6) is 0 Å². The van der Waals surface area contributed by atoms with Crippen molar-refractivity contribution in [3.8, 4) is 5.69 Å². The molecule has 0 atom stereocenters. The molecule has 0 spiro atoms. The summed E-state index contributed by atoms with van der Waals surface area (Å²) in [7, 11) is 1.93. The Labute approximate surface area is 129 Å². The molecule has 4 nitrogen and oxygen atoms in total. The van der Waals surface area contributed by atoms with Crippen LogP contribution in [0.25, 0.3) is 16.9 Å². The SMILES string of the molecule is Cc1nn(C)c2c1nc(CCl)n2-c1cccc(I)c1. The van der Waals surface area contributed by atoms with Gasteiger partial charge in [0.25, 0.3) is 0 Å². The van der Waals surface area contributed by atoms with Crippen LogP contribution in [-0.2, 0) is 12.9 Å². The van der Waals surface area contributed by atoms with E-state index < -0.39 is 0 Å². The number of imidazole rings is 1. The van der Waals surface area contributed by atoms with Gasteiger partial charge in [0.2, 0.25) is 0 Å². The van der Waals surface area contributed by atoms with Gasteiger partial charge < -0.3 is 0 Å². The fraction of sp³-hybridized carbons (Fsp3) is 0.231. The maximum Gasteiger partial charge on any atom is 0.163 e. The van der Waals surface area contributed by atoms with E-state index in [1.165, 1.54) is 3.57 Å². The summed E-state index contributed by atoms with van der Waals surface area (Å²) in [4.78, 5) is 4.60. The van der Waals surface area contributed by atoms with Gasteiger partial charge in [0.15, 0.2) is 5.65 Å². The van der Waals surface area contributed by atoms with E-state index in [0.717, 1.165) is 28.4 Å². The summed E-state index contributed by atoms with van der Waals surface area (Å²) in [6.07, 6.45) is 0. The van der Waals surface area contributed by atoms with Crippen molar-refractivity contribution in [2.45, 2.75) is 12.8 Å². The predicted molar refractivity (Wildman–Crippen MR) is 84.8 cm³/mol. The molecule has 98 valence electrons. The Morgan fingerprint density at radius 1 is 1.37 bits per heavy atom. The highest BCUT2D eigenvalue weighted by Gasteiger charge is 2.17. The van der Waals surface area contributed by atoms with Crippen LogP contribution in [0.15, 0.2) is 24.3 Å². The first-order valence-electron chi connectivity index (χ1n) is 5.84. The van der Waals surface area contributed by atoms with E-state index in [1.54, 1.807) is 0 Å². The molecule has 0 saturated heterocycles. The molecule has 0 radical (unpaired) electrons. The first-order valence-corrected chi connectivity index (χ1v) is 7.46. The number of halogens is 2. The van der Waals surface area contributed by atoms with Crippen LogP contribution < -0.4 is 0 Å². The van der Waals surface area contributed by atoms with Gasteiger partial charge in [0, 0.05) is 16.3 Å². The molecular weight excluding hydrogens is 375 g/mol. The van der Waals surface area contributed by atoms with E-state index >= 15 is 0 Å². The van der Waals surface area contributed by atoms with Crippen LogP contribution in [-0.4, -0.2) is 19.3 Å². The number of alkyl halides is 1. The average Bonchev–Trinajstić information content (AvgIpc) is 2.88. The summed E-state index contributed by atoms with van der Waals surface area (Å²) in [5.74, 6) is 1.22. The van der Waals surface area contributed by atoms with Crippen LogP contribution in [0.4, 0.5) is 0 Å². The number of fused-ring (bicyclic) bond motifs is 1. The van der Waals surface area contributed by atoms with Gasteiger partial charge in [0.1, 0.15) is 11.3 Å². The van der Waals surface area contributed by atoms with Crippen molar-refractivity contribution in [1.29, 1.82) is 0 Å². The van der Waals surface area contributed by atoms with Crippen molar-refractivity contribution in [1.82, 2.24) is 19.3 Å². The topological polar surface area (TPSA) is 35.6 Å². The zero-order chi connectivity index (χ0) is 13.6. The van der Waals surface area contributed by atoms with Crippen LogP contribution >= 0.6 is 34.2 Å². The Bertz CT molecular complexity index is 759. The molecule has 3 aromatic rings. The highest BCUT2D eigenvalue weighted by Crippen LogP contribution is 2.25. The predicted octanol–water partition coefficient (Wildman–Crippen LogP) is 3.41. The maximum absolute atomic E-state index is 6.04. The van der Waals surface area contributed by atoms with Crippen molar-refractivity contribution in [3.63, 3.8) is 0 Å². The van der Waals surface area contributed by atoms with Crippen LogP contribution in [0.3, 0.4) is 0 Å². The normalized spacial score (nSPS) is 11.4. The van der Waals surface area contributed by atoms with Gasteiger partial charge in [-0.1, -0.05) is 6.07 Å². The van der Waals surface area contributed by atoms with Crippen LogP contribution in [0.1, 0.15) is 11.5 Å². The minimum absolute atomic E-state index is 0.375. The summed E-state index contributed by atoms with van der Waals surface area (Å²) in [6, 6.07) is 8.26. The summed E-state index contributed by atoms with van der Waals surface area (Å²) >= 11 is 8.34. The number of rotatable bonds is 2. The third-order valence-electron chi connectivity index (χ3n) is 3.06. The molecule has 0 unspecified atom stereocenters. The molecule has 0 amide bonds. The summed E-state index contributed by atoms with van der Waals surface area (Å²) in [5.41, 5.74) is 3.88. The number of hydrogen-bond donors (Lipinski definition) is 0. The zero-order valence-electron chi connectivity index (χ0n) is 10.6. The van der Waals surface area contributed by atoms with Crippen molar-refractivity contribution in [2.75, 3.05) is 0 Å². The second-order valence-electron chi connectivity index (χ2n) is 4.36. The number of benzene rings is 1. The molecule has 2 heterocycles. The largest absolute Gasteiger partial charge is 0.280 e. The van der Waals surface area contributed by atoms with Gasteiger partial charge in [-0.2, -0.15) is 5.10 Å². The lowest BCUT2D eigenvalue weighted by molar-refractivity contribution is 0.755. The van der Waals surface area contributed by atoms with Gasteiger partial charge in [0.05, 0.1) is 11.6 Å². The van der Waals surface area contributed by atoms with Crippen LogP contribution in [0, 0.1) is 10.5 Å². The smallest absolute Gasteiger partial charge is 0.163 e. The Morgan fingerprint density at radius 3 is 2.84 bits per heavy atom. The lowest BCUT2D eigenvalue weighted by Crippen LogP contribution is -2.04.